The molecule has 1 amide bonds. The van der Waals surface area contributed by atoms with Gasteiger partial charge in [-0.2, -0.15) is 0 Å². The van der Waals surface area contributed by atoms with Crippen LogP contribution < -0.4 is 16.3 Å². The fourth-order valence-electron chi connectivity index (χ4n) is 2.92. The number of carbonyl (C=O) groups is 1. The van der Waals surface area contributed by atoms with Crippen LogP contribution in [-0.4, -0.2) is 25.1 Å². The zero-order chi connectivity index (χ0) is 22.1. The van der Waals surface area contributed by atoms with Crippen LogP contribution in [0.4, 0.5) is 26.1 Å². The summed E-state index contributed by atoms with van der Waals surface area (Å²) in [5.74, 6) is -1.34. The standard InChI is InChI=1S/C20H15ClF2N6O2/c1-11-8-17-27-28(10-18(30)26-16-7-4-13(23)9-15(16)21)20(31)29(17)19(24-11)25-14-5-2-12(22)3-6-14/h2-9H,10H2,1H3,(H,24,25)(H,26,30). The molecule has 2 aromatic carbocycles. The zero-order valence-electron chi connectivity index (χ0n) is 16.1. The molecule has 0 spiro atoms. The highest BCUT2D eigenvalue weighted by molar-refractivity contribution is 6.33. The number of nitrogens with zero attached hydrogens (tertiary/aromatic N) is 4. The van der Waals surface area contributed by atoms with Crippen molar-refractivity contribution in [1.29, 1.82) is 0 Å². The molecule has 4 rings (SSSR count). The van der Waals surface area contributed by atoms with E-state index in [4.69, 9.17) is 11.6 Å². The van der Waals surface area contributed by atoms with Gasteiger partial charge in [-0.15, -0.1) is 5.10 Å². The number of hydrogen-bond donors (Lipinski definition) is 2. The monoisotopic (exact) mass is 444 g/mol. The summed E-state index contributed by atoms with van der Waals surface area (Å²) in [6.45, 7) is 1.33. The lowest BCUT2D eigenvalue weighted by atomic mass is 10.3. The second kappa shape index (κ2) is 8.15. The number of halogens is 3. The molecule has 0 aliphatic rings. The van der Waals surface area contributed by atoms with Crippen molar-refractivity contribution in [2.24, 2.45) is 0 Å². The van der Waals surface area contributed by atoms with Crippen molar-refractivity contribution in [2.75, 3.05) is 10.6 Å². The average Bonchev–Trinajstić information content (AvgIpc) is 3.01. The number of carbonyl (C=O) groups excluding carboxylic acids is 1. The third-order valence-electron chi connectivity index (χ3n) is 4.30. The van der Waals surface area contributed by atoms with Gasteiger partial charge in [-0.1, -0.05) is 11.6 Å². The molecule has 0 unspecified atom stereocenters. The number of fused-ring (bicyclic) bond motifs is 1. The summed E-state index contributed by atoms with van der Waals surface area (Å²) in [5, 5.41) is 9.68. The fourth-order valence-corrected chi connectivity index (χ4v) is 3.13. The van der Waals surface area contributed by atoms with Crippen LogP contribution in [0, 0.1) is 18.6 Å². The van der Waals surface area contributed by atoms with Crippen LogP contribution in [0.25, 0.3) is 5.65 Å². The minimum absolute atomic E-state index is 0.0290. The Balaban J connectivity index is 1.63. The Labute approximate surface area is 179 Å². The van der Waals surface area contributed by atoms with Crippen molar-refractivity contribution in [2.45, 2.75) is 13.5 Å². The Morgan fingerprint density at radius 1 is 1.10 bits per heavy atom. The van der Waals surface area contributed by atoms with E-state index in [2.05, 4.69) is 20.7 Å². The molecule has 0 bridgehead atoms. The Morgan fingerprint density at radius 3 is 2.52 bits per heavy atom. The van der Waals surface area contributed by atoms with Crippen LogP contribution in [0.2, 0.25) is 5.02 Å². The predicted molar refractivity (Wildman–Crippen MR) is 112 cm³/mol. The molecule has 11 heteroatoms. The molecule has 2 heterocycles. The fraction of sp³-hybridized carbons (Fsp3) is 0.100. The third kappa shape index (κ3) is 4.38. The van der Waals surface area contributed by atoms with Crippen LogP contribution in [-0.2, 0) is 11.3 Å². The highest BCUT2D eigenvalue weighted by Crippen LogP contribution is 2.22. The molecule has 158 valence electrons. The van der Waals surface area contributed by atoms with E-state index in [1.165, 1.54) is 34.7 Å². The van der Waals surface area contributed by atoms with Crippen molar-refractivity contribution >= 4 is 40.5 Å². The van der Waals surface area contributed by atoms with Gasteiger partial charge in [0.25, 0.3) is 0 Å². The molecule has 0 aliphatic heterocycles. The summed E-state index contributed by atoms with van der Waals surface area (Å²) < 4.78 is 28.5. The van der Waals surface area contributed by atoms with E-state index in [0.717, 1.165) is 16.8 Å². The molecule has 0 aliphatic carbocycles. The Hall–Kier alpha value is -3.79. The summed E-state index contributed by atoms with van der Waals surface area (Å²) in [6, 6.07) is 10.7. The summed E-state index contributed by atoms with van der Waals surface area (Å²) in [6.07, 6.45) is 0. The van der Waals surface area contributed by atoms with Gasteiger partial charge in [0, 0.05) is 17.4 Å². The van der Waals surface area contributed by atoms with Crippen LogP contribution >= 0.6 is 11.6 Å². The van der Waals surface area contributed by atoms with E-state index in [1.54, 1.807) is 13.0 Å². The number of aromatic nitrogens is 4. The lowest BCUT2D eigenvalue weighted by Gasteiger charge is -2.08. The zero-order valence-corrected chi connectivity index (χ0v) is 16.8. The van der Waals surface area contributed by atoms with Crippen LogP contribution in [0.3, 0.4) is 0 Å². The summed E-state index contributed by atoms with van der Waals surface area (Å²) in [5.41, 5.74) is 0.976. The van der Waals surface area contributed by atoms with E-state index in [9.17, 15) is 18.4 Å². The number of benzene rings is 2. The van der Waals surface area contributed by atoms with Gasteiger partial charge in [-0.3, -0.25) is 4.79 Å². The van der Waals surface area contributed by atoms with E-state index in [-0.39, 0.29) is 22.3 Å². The molecule has 0 saturated heterocycles. The number of anilines is 3. The number of hydrogen-bond acceptors (Lipinski definition) is 5. The Morgan fingerprint density at radius 2 is 1.81 bits per heavy atom. The Kier molecular flexibility index (Phi) is 5.38. The summed E-state index contributed by atoms with van der Waals surface area (Å²) in [7, 11) is 0. The number of nitrogens with one attached hydrogen (secondary N) is 2. The number of rotatable bonds is 5. The second-order valence-electron chi connectivity index (χ2n) is 6.66. The number of amides is 1. The largest absolute Gasteiger partial charge is 0.353 e. The molecule has 0 fully saturated rings. The molecule has 2 aromatic heterocycles. The van der Waals surface area contributed by atoms with Crippen molar-refractivity contribution in [1.82, 2.24) is 19.2 Å². The van der Waals surface area contributed by atoms with Gasteiger partial charge >= 0.3 is 5.69 Å². The molecular formula is C20H15ClF2N6O2. The Bertz CT molecular complexity index is 1350. The summed E-state index contributed by atoms with van der Waals surface area (Å²) >= 11 is 5.91. The maximum Gasteiger partial charge on any atom is 0.353 e. The lowest BCUT2D eigenvalue weighted by molar-refractivity contribution is -0.117. The topological polar surface area (TPSA) is 93.3 Å². The minimum atomic E-state index is -0.604. The maximum absolute atomic E-state index is 13.2. The predicted octanol–water partition coefficient (Wildman–Crippen LogP) is 3.51. The molecular weight excluding hydrogens is 430 g/mol. The first-order chi connectivity index (χ1) is 14.8. The first-order valence-corrected chi connectivity index (χ1v) is 9.42. The van der Waals surface area contributed by atoms with E-state index in [1.807, 2.05) is 0 Å². The lowest BCUT2D eigenvalue weighted by Crippen LogP contribution is -2.29. The van der Waals surface area contributed by atoms with Gasteiger partial charge in [-0.05, 0) is 49.4 Å². The molecule has 2 N–H and O–H groups in total. The SMILES string of the molecule is Cc1cc2nn(CC(=O)Nc3ccc(F)cc3Cl)c(=O)n2c(Nc2ccc(F)cc2)n1. The van der Waals surface area contributed by atoms with Gasteiger partial charge in [0.05, 0.1) is 10.7 Å². The molecule has 0 saturated carbocycles. The normalized spacial score (nSPS) is 11.0. The molecule has 0 radical (unpaired) electrons. The van der Waals surface area contributed by atoms with Crippen LogP contribution in [0.1, 0.15) is 5.69 Å². The van der Waals surface area contributed by atoms with Gasteiger partial charge in [-0.25, -0.2) is 27.6 Å². The van der Waals surface area contributed by atoms with E-state index in [0.29, 0.717) is 11.4 Å². The van der Waals surface area contributed by atoms with Gasteiger partial charge in [0.2, 0.25) is 11.9 Å². The summed E-state index contributed by atoms with van der Waals surface area (Å²) in [4.78, 5) is 29.6. The first-order valence-electron chi connectivity index (χ1n) is 9.05. The highest BCUT2D eigenvalue weighted by Gasteiger charge is 2.16. The van der Waals surface area contributed by atoms with Crippen molar-refractivity contribution in [3.8, 4) is 0 Å². The maximum atomic E-state index is 13.2. The number of aryl methyl sites for hydroxylation is 1. The van der Waals surface area contributed by atoms with Crippen LogP contribution in [0.15, 0.2) is 53.3 Å². The quantitative estimate of drug-likeness (QED) is 0.491. The molecule has 31 heavy (non-hydrogen) atoms. The molecule has 0 atom stereocenters. The average molecular weight is 445 g/mol. The van der Waals surface area contributed by atoms with Crippen molar-refractivity contribution in [3.63, 3.8) is 0 Å². The minimum Gasteiger partial charge on any atom is -0.325 e. The first kappa shape index (κ1) is 20.5. The molecule has 8 nitrogen and oxygen atoms in total. The third-order valence-corrected chi connectivity index (χ3v) is 4.61. The highest BCUT2D eigenvalue weighted by atomic mass is 35.5. The van der Waals surface area contributed by atoms with E-state index >= 15 is 0 Å². The van der Waals surface area contributed by atoms with E-state index < -0.39 is 29.8 Å². The van der Waals surface area contributed by atoms with Gasteiger partial charge < -0.3 is 10.6 Å². The van der Waals surface area contributed by atoms with Gasteiger partial charge in [0.1, 0.15) is 18.2 Å². The van der Waals surface area contributed by atoms with Crippen molar-refractivity contribution in [3.05, 3.63) is 81.4 Å². The van der Waals surface area contributed by atoms with Crippen molar-refractivity contribution < 1.29 is 13.6 Å². The van der Waals surface area contributed by atoms with Crippen LogP contribution in [0.5, 0.6) is 0 Å². The smallest absolute Gasteiger partial charge is 0.325 e. The van der Waals surface area contributed by atoms with Gasteiger partial charge in [0.15, 0.2) is 5.65 Å². The molecule has 4 aromatic rings. The second-order valence-corrected chi connectivity index (χ2v) is 7.07.